The van der Waals surface area contributed by atoms with Gasteiger partial charge in [-0.25, -0.2) is 0 Å². The molecule has 1 heterocycles. The van der Waals surface area contributed by atoms with Crippen molar-refractivity contribution in [2.24, 2.45) is 17.8 Å². The molecule has 2 aromatic rings. The molecule has 1 aromatic carbocycles. The number of amides is 1. The van der Waals surface area contributed by atoms with E-state index in [1.165, 1.54) is 12.8 Å². The third-order valence-corrected chi connectivity index (χ3v) is 6.45. The number of pyridine rings is 1. The van der Waals surface area contributed by atoms with Crippen molar-refractivity contribution in [1.82, 2.24) is 10.3 Å². The first kappa shape index (κ1) is 16.5. The van der Waals surface area contributed by atoms with Gasteiger partial charge in [-0.05, 0) is 62.1 Å². The number of hydrogen-bond donors (Lipinski definition) is 2. The standard InChI is InChI=1S/C21H26N2O2/c1-12-16-5-3-4-6-19(16)22-13(2)17(12)10-20(25)23-21-15-8-7-14(9-15)18(21)11-24/h3-6,14-15,18,21,24H,7-11H2,1-2H3,(H,23,25). The van der Waals surface area contributed by atoms with Crippen LogP contribution in [0.15, 0.2) is 24.3 Å². The summed E-state index contributed by atoms with van der Waals surface area (Å²) in [4.78, 5) is 17.4. The number of fused-ring (bicyclic) bond motifs is 3. The molecular weight excluding hydrogens is 312 g/mol. The van der Waals surface area contributed by atoms with Crippen molar-refractivity contribution in [3.05, 3.63) is 41.1 Å². The van der Waals surface area contributed by atoms with Gasteiger partial charge < -0.3 is 10.4 Å². The molecule has 2 N–H and O–H groups in total. The summed E-state index contributed by atoms with van der Waals surface area (Å²) >= 11 is 0. The third-order valence-electron chi connectivity index (χ3n) is 6.45. The van der Waals surface area contributed by atoms with Crippen molar-refractivity contribution in [1.29, 1.82) is 0 Å². The first-order chi connectivity index (χ1) is 12.1. The highest BCUT2D eigenvalue weighted by atomic mass is 16.3. The fourth-order valence-electron chi connectivity index (χ4n) is 5.13. The molecule has 0 aliphatic heterocycles. The number of carbonyl (C=O) groups excluding carboxylic acids is 1. The van der Waals surface area contributed by atoms with Crippen LogP contribution in [0.5, 0.6) is 0 Å². The number of rotatable bonds is 4. The van der Waals surface area contributed by atoms with E-state index in [0.29, 0.717) is 18.3 Å². The van der Waals surface area contributed by atoms with Crippen LogP contribution in [0, 0.1) is 31.6 Å². The summed E-state index contributed by atoms with van der Waals surface area (Å²) in [6.07, 6.45) is 3.91. The Kier molecular flexibility index (Phi) is 4.24. The Morgan fingerprint density at radius 1 is 1.24 bits per heavy atom. The molecule has 4 rings (SSSR count). The number of hydrogen-bond acceptors (Lipinski definition) is 3. The highest BCUT2D eigenvalue weighted by molar-refractivity contribution is 5.86. The minimum Gasteiger partial charge on any atom is -0.396 e. The van der Waals surface area contributed by atoms with E-state index in [9.17, 15) is 9.90 Å². The maximum Gasteiger partial charge on any atom is 0.224 e. The van der Waals surface area contributed by atoms with Crippen LogP contribution < -0.4 is 5.32 Å². The lowest BCUT2D eigenvalue weighted by molar-refractivity contribution is -0.122. The van der Waals surface area contributed by atoms with E-state index in [0.717, 1.165) is 34.1 Å². The average Bonchev–Trinajstić information content (AvgIpc) is 3.20. The Balaban J connectivity index is 1.54. The molecule has 25 heavy (non-hydrogen) atoms. The first-order valence-corrected chi connectivity index (χ1v) is 9.33. The quantitative estimate of drug-likeness (QED) is 0.901. The van der Waals surface area contributed by atoms with Crippen LogP contribution in [0.3, 0.4) is 0 Å². The van der Waals surface area contributed by atoms with Crippen molar-refractivity contribution < 1.29 is 9.90 Å². The molecule has 132 valence electrons. The van der Waals surface area contributed by atoms with Gasteiger partial charge in [0.2, 0.25) is 5.91 Å². The van der Waals surface area contributed by atoms with Crippen molar-refractivity contribution >= 4 is 16.8 Å². The number of nitrogens with one attached hydrogen (secondary N) is 1. The van der Waals surface area contributed by atoms with Crippen LogP contribution in [0.1, 0.15) is 36.1 Å². The van der Waals surface area contributed by atoms with E-state index in [1.54, 1.807) is 0 Å². The zero-order chi connectivity index (χ0) is 17.6. The molecule has 2 saturated carbocycles. The van der Waals surface area contributed by atoms with Gasteiger partial charge in [-0.3, -0.25) is 9.78 Å². The number of aryl methyl sites for hydroxylation is 2. The SMILES string of the molecule is Cc1nc2ccccc2c(C)c1CC(=O)NC1C2CCC(C2)C1CO. The lowest BCUT2D eigenvalue weighted by atomic mass is 9.85. The highest BCUT2D eigenvalue weighted by Crippen LogP contribution is 2.48. The van der Waals surface area contributed by atoms with E-state index >= 15 is 0 Å². The normalized spacial score (nSPS) is 27.8. The topological polar surface area (TPSA) is 62.2 Å². The van der Waals surface area contributed by atoms with Crippen LogP contribution in [-0.2, 0) is 11.2 Å². The Labute approximate surface area is 148 Å². The van der Waals surface area contributed by atoms with Crippen LogP contribution >= 0.6 is 0 Å². The van der Waals surface area contributed by atoms with E-state index < -0.39 is 0 Å². The Bertz CT molecular complexity index is 817. The van der Waals surface area contributed by atoms with Crippen molar-refractivity contribution in [2.75, 3.05) is 6.61 Å². The van der Waals surface area contributed by atoms with Crippen molar-refractivity contribution in [2.45, 2.75) is 45.6 Å². The Hall–Kier alpha value is -1.94. The Morgan fingerprint density at radius 2 is 2.00 bits per heavy atom. The Morgan fingerprint density at radius 3 is 2.80 bits per heavy atom. The molecule has 0 radical (unpaired) electrons. The summed E-state index contributed by atoms with van der Waals surface area (Å²) in [7, 11) is 0. The second-order valence-corrected chi connectivity index (χ2v) is 7.77. The van der Waals surface area contributed by atoms with Gasteiger partial charge in [0.05, 0.1) is 11.9 Å². The number of aliphatic hydroxyl groups excluding tert-OH is 1. The molecule has 4 unspecified atom stereocenters. The van der Waals surface area contributed by atoms with E-state index in [-0.39, 0.29) is 24.5 Å². The molecule has 2 aliphatic rings. The van der Waals surface area contributed by atoms with Crippen LogP contribution in [-0.4, -0.2) is 28.6 Å². The summed E-state index contributed by atoms with van der Waals surface area (Å²) < 4.78 is 0. The molecule has 0 spiro atoms. The second-order valence-electron chi connectivity index (χ2n) is 7.77. The summed E-state index contributed by atoms with van der Waals surface area (Å²) in [6.45, 7) is 4.24. The molecule has 0 saturated heterocycles. The zero-order valence-electron chi connectivity index (χ0n) is 15.0. The number of benzene rings is 1. The molecular formula is C21H26N2O2. The summed E-state index contributed by atoms with van der Waals surface area (Å²) in [5.74, 6) is 1.42. The average molecular weight is 338 g/mol. The molecule has 2 fully saturated rings. The van der Waals surface area contributed by atoms with Gasteiger partial charge in [-0.2, -0.15) is 0 Å². The summed E-state index contributed by atoms with van der Waals surface area (Å²) in [5.41, 5.74) is 4.08. The van der Waals surface area contributed by atoms with Gasteiger partial charge in [-0.1, -0.05) is 18.2 Å². The smallest absolute Gasteiger partial charge is 0.224 e. The lowest BCUT2D eigenvalue weighted by Gasteiger charge is -2.30. The van der Waals surface area contributed by atoms with Crippen molar-refractivity contribution in [3.8, 4) is 0 Å². The van der Waals surface area contributed by atoms with Gasteiger partial charge in [0.15, 0.2) is 0 Å². The first-order valence-electron chi connectivity index (χ1n) is 9.33. The maximum absolute atomic E-state index is 12.7. The largest absolute Gasteiger partial charge is 0.396 e. The van der Waals surface area contributed by atoms with Crippen LogP contribution in [0.25, 0.3) is 10.9 Å². The minimum atomic E-state index is 0.0549. The third kappa shape index (κ3) is 2.82. The van der Waals surface area contributed by atoms with E-state index in [1.807, 2.05) is 25.1 Å². The fourth-order valence-corrected chi connectivity index (χ4v) is 5.13. The molecule has 4 heteroatoms. The van der Waals surface area contributed by atoms with Gasteiger partial charge in [0.1, 0.15) is 0 Å². The number of aliphatic hydroxyl groups is 1. The molecule has 1 amide bonds. The highest BCUT2D eigenvalue weighted by Gasteiger charge is 2.47. The van der Waals surface area contributed by atoms with Gasteiger partial charge in [-0.15, -0.1) is 0 Å². The summed E-state index contributed by atoms with van der Waals surface area (Å²) in [5, 5.41) is 14.1. The number of nitrogens with zero attached hydrogens (tertiary/aromatic N) is 1. The zero-order valence-corrected chi connectivity index (χ0v) is 15.0. The predicted molar refractivity (Wildman–Crippen MR) is 98.3 cm³/mol. The number of para-hydroxylation sites is 1. The fraction of sp³-hybridized carbons (Fsp3) is 0.524. The summed E-state index contributed by atoms with van der Waals surface area (Å²) in [6, 6.07) is 8.23. The van der Waals surface area contributed by atoms with Gasteiger partial charge in [0, 0.05) is 29.6 Å². The monoisotopic (exact) mass is 338 g/mol. The molecule has 4 nitrogen and oxygen atoms in total. The van der Waals surface area contributed by atoms with Crippen LogP contribution in [0.2, 0.25) is 0 Å². The molecule has 4 atom stereocenters. The lowest BCUT2D eigenvalue weighted by Crippen LogP contribution is -2.45. The molecule has 2 aliphatic carbocycles. The second kappa shape index (κ2) is 6.41. The number of carbonyl (C=O) groups is 1. The minimum absolute atomic E-state index is 0.0549. The molecule has 1 aromatic heterocycles. The van der Waals surface area contributed by atoms with Crippen molar-refractivity contribution in [3.63, 3.8) is 0 Å². The van der Waals surface area contributed by atoms with Gasteiger partial charge >= 0.3 is 0 Å². The maximum atomic E-state index is 12.7. The van der Waals surface area contributed by atoms with Gasteiger partial charge in [0.25, 0.3) is 0 Å². The van der Waals surface area contributed by atoms with E-state index in [2.05, 4.69) is 23.3 Å². The predicted octanol–water partition coefficient (Wildman–Crippen LogP) is 2.92. The van der Waals surface area contributed by atoms with E-state index in [4.69, 9.17) is 0 Å². The molecule has 2 bridgehead atoms. The number of aromatic nitrogens is 1. The van der Waals surface area contributed by atoms with Crippen LogP contribution in [0.4, 0.5) is 0 Å².